The Hall–Kier alpha value is -2.25. The Bertz CT molecular complexity index is 832. The van der Waals surface area contributed by atoms with E-state index in [9.17, 15) is 4.79 Å². The predicted molar refractivity (Wildman–Crippen MR) is 108 cm³/mol. The summed E-state index contributed by atoms with van der Waals surface area (Å²) in [6, 6.07) is 6.28. The van der Waals surface area contributed by atoms with Gasteiger partial charge in [0, 0.05) is 18.6 Å². The SMILES string of the molecule is CCCO[C@@H]1C[C@@H](c2nc(CC(N)=O)nn2-c2ccc(C)cc2C)CC[C@H]1N. The van der Waals surface area contributed by atoms with Gasteiger partial charge in [0.15, 0.2) is 5.82 Å². The number of aromatic nitrogens is 3. The standard InChI is InChI=1S/C21H31N5O2/c1-4-9-28-18-11-15(6-7-16(18)22)21-24-20(12-19(23)27)25-26(21)17-8-5-13(2)10-14(17)3/h5,8,10,15-16,18H,4,6-7,9,11-12,22H2,1-3H3,(H2,23,27)/t15-,16+,18+/m0/s1. The van der Waals surface area contributed by atoms with Crippen molar-refractivity contribution in [1.82, 2.24) is 14.8 Å². The first-order chi connectivity index (χ1) is 13.4. The third-order valence-electron chi connectivity index (χ3n) is 5.33. The maximum atomic E-state index is 11.4. The second-order valence-electron chi connectivity index (χ2n) is 7.81. The molecule has 1 aromatic carbocycles. The Morgan fingerprint density at radius 3 is 2.79 bits per heavy atom. The average Bonchev–Trinajstić information content (AvgIpc) is 3.03. The van der Waals surface area contributed by atoms with Gasteiger partial charge in [-0.2, -0.15) is 5.10 Å². The van der Waals surface area contributed by atoms with Crippen LogP contribution in [-0.2, 0) is 16.0 Å². The van der Waals surface area contributed by atoms with Crippen LogP contribution in [0, 0.1) is 13.8 Å². The fourth-order valence-corrected chi connectivity index (χ4v) is 3.93. The number of carbonyl (C=O) groups is 1. The van der Waals surface area contributed by atoms with Crippen LogP contribution in [0.1, 0.15) is 61.3 Å². The number of amides is 1. The van der Waals surface area contributed by atoms with Crippen molar-refractivity contribution in [3.63, 3.8) is 0 Å². The molecule has 1 saturated carbocycles. The van der Waals surface area contributed by atoms with Crippen LogP contribution < -0.4 is 11.5 Å². The molecular formula is C21H31N5O2. The zero-order valence-corrected chi connectivity index (χ0v) is 17.0. The van der Waals surface area contributed by atoms with E-state index in [1.807, 2.05) is 4.68 Å². The van der Waals surface area contributed by atoms with Crippen molar-refractivity contribution >= 4 is 5.91 Å². The van der Waals surface area contributed by atoms with E-state index in [1.165, 1.54) is 5.56 Å². The molecule has 1 aromatic heterocycles. The molecule has 0 saturated heterocycles. The number of benzene rings is 1. The molecule has 3 atom stereocenters. The Balaban J connectivity index is 1.96. The summed E-state index contributed by atoms with van der Waals surface area (Å²) in [4.78, 5) is 16.1. The van der Waals surface area contributed by atoms with Crippen LogP contribution in [0.5, 0.6) is 0 Å². The Morgan fingerprint density at radius 1 is 1.32 bits per heavy atom. The van der Waals surface area contributed by atoms with Crippen LogP contribution in [-0.4, -0.2) is 39.4 Å². The van der Waals surface area contributed by atoms with Gasteiger partial charge < -0.3 is 16.2 Å². The van der Waals surface area contributed by atoms with Gasteiger partial charge in [-0.3, -0.25) is 4.79 Å². The van der Waals surface area contributed by atoms with E-state index in [1.54, 1.807) is 0 Å². The molecule has 152 valence electrons. The summed E-state index contributed by atoms with van der Waals surface area (Å²) < 4.78 is 7.88. The highest BCUT2D eigenvalue weighted by Crippen LogP contribution is 2.34. The Morgan fingerprint density at radius 2 is 2.11 bits per heavy atom. The lowest BCUT2D eigenvalue weighted by Gasteiger charge is -2.33. The Kier molecular flexibility index (Phi) is 6.46. The number of carbonyl (C=O) groups excluding carboxylic acids is 1. The zero-order valence-electron chi connectivity index (χ0n) is 17.0. The fraction of sp³-hybridized carbons (Fsp3) is 0.571. The van der Waals surface area contributed by atoms with Crippen molar-refractivity contribution < 1.29 is 9.53 Å². The number of nitrogens with zero attached hydrogens (tertiary/aromatic N) is 3. The van der Waals surface area contributed by atoms with Gasteiger partial charge in [-0.15, -0.1) is 0 Å². The fourth-order valence-electron chi connectivity index (χ4n) is 3.93. The van der Waals surface area contributed by atoms with E-state index in [0.29, 0.717) is 12.4 Å². The van der Waals surface area contributed by atoms with E-state index in [2.05, 4.69) is 44.1 Å². The molecule has 1 heterocycles. The van der Waals surface area contributed by atoms with Crippen molar-refractivity contribution in [2.75, 3.05) is 6.61 Å². The van der Waals surface area contributed by atoms with Crippen molar-refractivity contribution in [2.45, 2.75) is 70.9 Å². The first-order valence-corrected chi connectivity index (χ1v) is 10.1. The summed E-state index contributed by atoms with van der Waals surface area (Å²) in [5.74, 6) is 1.07. The maximum Gasteiger partial charge on any atom is 0.225 e. The Labute approximate surface area is 166 Å². The van der Waals surface area contributed by atoms with Crippen LogP contribution in [0.2, 0.25) is 0 Å². The highest BCUT2D eigenvalue weighted by atomic mass is 16.5. The topological polar surface area (TPSA) is 109 Å². The van der Waals surface area contributed by atoms with Crippen molar-refractivity contribution in [2.24, 2.45) is 11.5 Å². The van der Waals surface area contributed by atoms with Crippen LogP contribution in [0.15, 0.2) is 18.2 Å². The number of rotatable bonds is 7. The van der Waals surface area contributed by atoms with E-state index in [-0.39, 0.29) is 24.5 Å². The molecule has 1 aliphatic carbocycles. The summed E-state index contributed by atoms with van der Waals surface area (Å²) in [6.07, 6.45) is 3.63. The van der Waals surface area contributed by atoms with Gasteiger partial charge in [0.05, 0.1) is 18.2 Å². The van der Waals surface area contributed by atoms with Crippen LogP contribution in [0.4, 0.5) is 0 Å². The smallest absolute Gasteiger partial charge is 0.225 e. The third-order valence-corrected chi connectivity index (χ3v) is 5.33. The lowest BCUT2D eigenvalue weighted by molar-refractivity contribution is -0.117. The van der Waals surface area contributed by atoms with Gasteiger partial charge in [-0.25, -0.2) is 9.67 Å². The average molecular weight is 386 g/mol. The minimum Gasteiger partial charge on any atom is -0.377 e. The molecule has 7 nitrogen and oxygen atoms in total. The van der Waals surface area contributed by atoms with E-state index >= 15 is 0 Å². The highest BCUT2D eigenvalue weighted by molar-refractivity contribution is 5.75. The summed E-state index contributed by atoms with van der Waals surface area (Å²) >= 11 is 0. The quantitative estimate of drug-likeness (QED) is 0.760. The van der Waals surface area contributed by atoms with Crippen LogP contribution in [0.25, 0.3) is 5.69 Å². The van der Waals surface area contributed by atoms with E-state index in [0.717, 1.165) is 42.8 Å². The predicted octanol–water partition coefficient (Wildman–Crippen LogP) is 2.30. The van der Waals surface area contributed by atoms with Gasteiger partial charge in [0.1, 0.15) is 5.82 Å². The maximum absolute atomic E-state index is 11.4. The highest BCUT2D eigenvalue weighted by Gasteiger charge is 2.33. The van der Waals surface area contributed by atoms with Crippen LogP contribution in [0.3, 0.4) is 0 Å². The number of hydrogen-bond acceptors (Lipinski definition) is 5. The van der Waals surface area contributed by atoms with Crippen molar-refractivity contribution in [3.05, 3.63) is 41.0 Å². The van der Waals surface area contributed by atoms with Crippen LogP contribution >= 0.6 is 0 Å². The number of hydrogen-bond donors (Lipinski definition) is 2. The number of nitrogens with two attached hydrogens (primary N) is 2. The first-order valence-electron chi connectivity index (χ1n) is 10.1. The summed E-state index contributed by atoms with van der Waals surface area (Å²) in [7, 11) is 0. The minimum absolute atomic E-state index is 0.0163. The van der Waals surface area contributed by atoms with Gasteiger partial charge in [0.2, 0.25) is 5.91 Å². The van der Waals surface area contributed by atoms with Crippen molar-refractivity contribution in [3.8, 4) is 5.69 Å². The molecule has 1 aliphatic rings. The molecule has 4 N–H and O–H groups in total. The molecule has 0 bridgehead atoms. The first kappa shape index (κ1) is 20.5. The van der Waals surface area contributed by atoms with Gasteiger partial charge in [-0.05, 0) is 51.2 Å². The normalized spacial score (nSPS) is 22.4. The molecule has 1 amide bonds. The third kappa shape index (κ3) is 4.59. The second-order valence-corrected chi connectivity index (χ2v) is 7.81. The number of primary amides is 1. The molecule has 7 heteroatoms. The molecule has 0 spiro atoms. The van der Waals surface area contributed by atoms with E-state index in [4.69, 9.17) is 21.2 Å². The molecular weight excluding hydrogens is 354 g/mol. The number of aryl methyl sites for hydroxylation is 2. The molecule has 0 aliphatic heterocycles. The zero-order chi connectivity index (χ0) is 20.3. The summed E-state index contributed by atoms with van der Waals surface area (Å²) in [5.41, 5.74) is 15.0. The summed E-state index contributed by atoms with van der Waals surface area (Å²) in [5, 5.41) is 4.63. The lowest BCUT2D eigenvalue weighted by Crippen LogP contribution is -2.42. The molecule has 3 rings (SSSR count). The molecule has 0 unspecified atom stereocenters. The summed E-state index contributed by atoms with van der Waals surface area (Å²) in [6.45, 7) is 6.93. The van der Waals surface area contributed by atoms with E-state index < -0.39 is 5.91 Å². The van der Waals surface area contributed by atoms with Gasteiger partial charge in [-0.1, -0.05) is 24.6 Å². The monoisotopic (exact) mass is 385 g/mol. The van der Waals surface area contributed by atoms with Gasteiger partial charge >= 0.3 is 0 Å². The van der Waals surface area contributed by atoms with Crippen molar-refractivity contribution in [1.29, 1.82) is 0 Å². The minimum atomic E-state index is -0.431. The second kappa shape index (κ2) is 8.84. The molecule has 1 fully saturated rings. The molecule has 28 heavy (non-hydrogen) atoms. The lowest BCUT2D eigenvalue weighted by atomic mass is 9.83. The largest absolute Gasteiger partial charge is 0.377 e. The molecule has 0 radical (unpaired) electrons. The molecule has 2 aromatic rings. The number of ether oxygens (including phenoxy) is 1. The van der Waals surface area contributed by atoms with Gasteiger partial charge in [0.25, 0.3) is 0 Å².